The highest BCUT2D eigenvalue weighted by atomic mass is 32.1. The minimum absolute atomic E-state index is 0.0396. The molecule has 0 aliphatic rings. The van der Waals surface area contributed by atoms with Gasteiger partial charge in [0.25, 0.3) is 0 Å². The number of fused-ring (bicyclic) bond motifs is 1. The fourth-order valence-electron chi connectivity index (χ4n) is 3.36. The Morgan fingerprint density at radius 3 is 2.06 bits per heavy atom. The van der Waals surface area contributed by atoms with Gasteiger partial charge in [0, 0.05) is 17.8 Å². The number of halogens is 9. The molecule has 0 aliphatic carbocycles. The van der Waals surface area contributed by atoms with Crippen molar-refractivity contribution in [3.8, 4) is 5.13 Å². The summed E-state index contributed by atoms with van der Waals surface area (Å²) in [6.07, 6.45) is -14.2. The minimum Gasteiger partial charge on any atom is -0.381 e. The summed E-state index contributed by atoms with van der Waals surface area (Å²) in [7, 11) is 0. The molecule has 2 heterocycles. The molecule has 36 heavy (non-hydrogen) atoms. The Morgan fingerprint density at radius 2 is 1.50 bits per heavy atom. The number of hydrogen-bond donors (Lipinski definition) is 1. The third-order valence-corrected chi connectivity index (χ3v) is 5.99. The number of thiazole rings is 1. The first-order chi connectivity index (χ1) is 16.6. The molecule has 0 bridgehead atoms. The second-order valence-corrected chi connectivity index (χ2v) is 8.54. The molecule has 0 saturated carbocycles. The van der Waals surface area contributed by atoms with E-state index in [0.29, 0.717) is 27.0 Å². The van der Waals surface area contributed by atoms with Crippen LogP contribution in [0.15, 0.2) is 55.2 Å². The number of hydrogen-bond acceptors (Lipinski definition) is 4. The molecule has 0 amide bonds. The summed E-state index contributed by atoms with van der Waals surface area (Å²) in [5, 5.41) is 6.05. The quantitative estimate of drug-likeness (QED) is 0.272. The minimum atomic E-state index is -5.06. The average Bonchev–Trinajstić information content (AvgIpc) is 3.40. The van der Waals surface area contributed by atoms with Gasteiger partial charge in [-0.3, -0.25) is 0 Å². The normalized spacial score (nSPS) is 12.8. The Balaban J connectivity index is 1.66. The van der Waals surface area contributed by atoms with Crippen LogP contribution in [0.5, 0.6) is 0 Å². The first-order valence-electron chi connectivity index (χ1n) is 9.87. The summed E-state index contributed by atoms with van der Waals surface area (Å²) in [6.45, 7) is 2.82. The van der Waals surface area contributed by atoms with E-state index >= 15 is 0 Å². The predicted molar refractivity (Wildman–Crippen MR) is 114 cm³/mol. The van der Waals surface area contributed by atoms with Gasteiger partial charge in [-0.25, -0.2) is 9.67 Å². The summed E-state index contributed by atoms with van der Waals surface area (Å²) in [6, 6.07) is 7.54. The topological polar surface area (TPSA) is 42.7 Å². The van der Waals surface area contributed by atoms with E-state index < -0.39 is 58.7 Å². The number of nitrogens with zero attached hydrogens (tertiary/aromatic N) is 3. The lowest BCUT2D eigenvalue weighted by Crippen LogP contribution is -2.19. The largest absolute Gasteiger partial charge is 0.434 e. The molecular weight excluding hydrogens is 523 g/mol. The molecule has 4 aromatic rings. The molecule has 0 spiro atoms. The number of para-hydroxylation sites is 1. The molecule has 2 aromatic carbocycles. The maximum absolute atomic E-state index is 14.0. The summed E-state index contributed by atoms with van der Waals surface area (Å²) in [5.74, 6) is 0. The highest BCUT2D eigenvalue weighted by Crippen LogP contribution is 2.38. The summed E-state index contributed by atoms with van der Waals surface area (Å²) >= 11 is 0.950. The lowest BCUT2D eigenvalue weighted by molar-refractivity contribution is -0.144. The van der Waals surface area contributed by atoms with Crippen molar-refractivity contribution in [3.05, 3.63) is 83.2 Å². The number of aromatic nitrogens is 3. The van der Waals surface area contributed by atoms with Gasteiger partial charge in [-0.05, 0) is 35.9 Å². The molecule has 4 nitrogen and oxygen atoms in total. The first-order valence-corrected chi connectivity index (χ1v) is 10.7. The smallest absolute Gasteiger partial charge is 0.381 e. The molecule has 0 unspecified atom stereocenters. The monoisotopic (exact) mass is 536 g/mol. The van der Waals surface area contributed by atoms with Gasteiger partial charge in [0.2, 0.25) is 5.13 Å². The second kappa shape index (κ2) is 8.84. The molecule has 0 aliphatic heterocycles. The molecule has 0 fully saturated rings. The van der Waals surface area contributed by atoms with E-state index in [2.05, 4.69) is 22.0 Å². The van der Waals surface area contributed by atoms with Crippen LogP contribution in [0.2, 0.25) is 0 Å². The molecule has 0 saturated heterocycles. The Bertz CT molecular complexity index is 1360. The maximum Gasteiger partial charge on any atom is 0.434 e. The molecule has 190 valence electrons. The van der Waals surface area contributed by atoms with E-state index in [-0.39, 0.29) is 11.2 Å². The highest BCUT2D eigenvalue weighted by Gasteiger charge is 2.40. The summed E-state index contributed by atoms with van der Waals surface area (Å²) < 4.78 is 122. The summed E-state index contributed by atoms with van der Waals surface area (Å²) in [4.78, 5) is 4.14. The van der Waals surface area contributed by atoms with Gasteiger partial charge in [0.05, 0.1) is 27.5 Å². The van der Waals surface area contributed by atoms with Gasteiger partial charge in [0.1, 0.15) is 0 Å². The Labute approximate surface area is 200 Å². The van der Waals surface area contributed by atoms with Crippen LogP contribution in [0.3, 0.4) is 0 Å². The lowest BCUT2D eigenvalue weighted by Gasteiger charge is -2.16. The van der Waals surface area contributed by atoms with Crippen molar-refractivity contribution in [2.45, 2.75) is 25.1 Å². The van der Waals surface area contributed by atoms with Gasteiger partial charge in [-0.15, -0.1) is 0 Å². The van der Waals surface area contributed by atoms with Gasteiger partial charge in [-0.1, -0.05) is 30.0 Å². The van der Waals surface area contributed by atoms with Crippen LogP contribution in [0.4, 0.5) is 39.5 Å². The standard InChI is InChI=1S/C22H13F9N4S/c1-11(32-9-12-6-13(20(23,24)25)8-14(7-12)21(26,27)28)15-10-33-35(18(15)22(29,30)31)19-34-16-4-2-3-5-17(16)36-19/h2-8,10,32H,1,9H2. The maximum atomic E-state index is 14.0. The van der Waals surface area contributed by atoms with E-state index in [1.54, 1.807) is 24.3 Å². The lowest BCUT2D eigenvalue weighted by atomic mass is 10.0. The van der Waals surface area contributed by atoms with Crippen LogP contribution >= 0.6 is 11.3 Å². The van der Waals surface area contributed by atoms with E-state index in [4.69, 9.17) is 0 Å². The Morgan fingerprint density at radius 1 is 0.889 bits per heavy atom. The molecule has 2 aromatic heterocycles. The van der Waals surface area contributed by atoms with Crippen molar-refractivity contribution < 1.29 is 39.5 Å². The fraction of sp³-hybridized carbons (Fsp3) is 0.182. The van der Waals surface area contributed by atoms with Gasteiger partial charge in [0.15, 0.2) is 5.69 Å². The van der Waals surface area contributed by atoms with Crippen molar-refractivity contribution in [2.75, 3.05) is 0 Å². The van der Waals surface area contributed by atoms with Crippen LogP contribution in [0, 0.1) is 0 Å². The highest BCUT2D eigenvalue weighted by molar-refractivity contribution is 7.20. The first kappa shape index (κ1) is 25.5. The summed E-state index contributed by atoms with van der Waals surface area (Å²) in [5.41, 5.74) is -5.28. The third-order valence-electron chi connectivity index (χ3n) is 4.98. The van der Waals surface area contributed by atoms with Crippen LogP contribution in [0.25, 0.3) is 21.0 Å². The Hall–Kier alpha value is -3.55. The SMILES string of the molecule is C=C(NCc1cc(C(F)(F)F)cc(C(F)(F)F)c1)c1cnn(-c2nc3ccccc3s2)c1C(F)(F)F. The number of alkyl halides is 9. The fourth-order valence-corrected chi connectivity index (χ4v) is 4.29. The molecule has 1 N–H and O–H groups in total. The number of benzene rings is 2. The zero-order chi connectivity index (χ0) is 26.5. The van der Waals surface area contributed by atoms with Crippen molar-refractivity contribution >= 4 is 27.3 Å². The zero-order valence-corrected chi connectivity index (χ0v) is 18.5. The van der Waals surface area contributed by atoms with Crippen molar-refractivity contribution in [2.24, 2.45) is 0 Å². The predicted octanol–water partition coefficient (Wildman–Crippen LogP) is 7.30. The van der Waals surface area contributed by atoms with Gasteiger partial charge >= 0.3 is 18.5 Å². The Kier molecular flexibility index (Phi) is 6.27. The van der Waals surface area contributed by atoms with E-state index in [1.807, 2.05) is 0 Å². The van der Waals surface area contributed by atoms with Crippen LogP contribution in [-0.4, -0.2) is 14.8 Å². The van der Waals surface area contributed by atoms with E-state index in [9.17, 15) is 39.5 Å². The number of rotatable bonds is 5. The van der Waals surface area contributed by atoms with Gasteiger partial charge < -0.3 is 5.32 Å². The van der Waals surface area contributed by atoms with Crippen LogP contribution in [0.1, 0.15) is 27.9 Å². The average molecular weight is 536 g/mol. The molecule has 0 atom stereocenters. The van der Waals surface area contributed by atoms with E-state index in [0.717, 1.165) is 17.5 Å². The van der Waals surface area contributed by atoms with Crippen molar-refractivity contribution in [1.82, 2.24) is 20.1 Å². The number of nitrogens with one attached hydrogen (secondary N) is 1. The second-order valence-electron chi connectivity index (χ2n) is 7.53. The van der Waals surface area contributed by atoms with Crippen molar-refractivity contribution in [3.63, 3.8) is 0 Å². The molecular formula is C22H13F9N4S. The zero-order valence-electron chi connectivity index (χ0n) is 17.7. The third kappa shape index (κ3) is 5.17. The van der Waals surface area contributed by atoms with E-state index in [1.165, 1.54) is 0 Å². The van der Waals surface area contributed by atoms with Crippen LogP contribution in [-0.2, 0) is 25.1 Å². The molecule has 0 radical (unpaired) electrons. The van der Waals surface area contributed by atoms with Crippen LogP contribution < -0.4 is 5.32 Å². The van der Waals surface area contributed by atoms with Gasteiger partial charge in [-0.2, -0.15) is 44.6 Å². The van der Waals surface area contributed by atoms with Crippen molar-refractivity contribution in [1.29, 1.82) is 0 Å². The molecule has 4 rings (SSSR count). The molecule has 14 heteroatoms.